The number of hydrogen-bond acceptors (Lipinski definition) is 6. The van der Waals surface area contributed by atoms with Gasteiger partial charge in [-0.25, -0.2) is 8.78 Å². The molecule has 0 radical (unpaired) electrons. The largest absolute Gasteiger partial charge is 0.344 e. The van der Waals surface area contributed by atoms with E-state index >= 15 is 0 Å². The van der Waals surface area contributed by atoms with E-state index in [1.165, 1.54) is 11.8 Å². The number of hydrogen-bond donors (Lipinski definition) is 2. The highest BCUT2D eigenvalue weighted by atomic mass is 32.2. The lowest BCUT2D eigenvalue weighted by Crippen LogP contribution is -2.44. The molecule has 146 valence electrons. The van der Waals surface area contributed by atoms with Crippen LogP contribution in [0.5, 0.6) is 0 Å². The number of amides is 2. The second kappa shape index (κ2) is 10.3. The van der Waals surface area contributed by atoms with Crippen molar-refractivity contribution in [2.24, 2.45) is 0 Å². The van der Waals surface area contributed by atoms with Gasteiger partial charge in [0.2, 0.25) is 22.1 Å². The zero-order valence-corrected chi connectivity index (χ0v) is 16.6. The van der Waals surface area contributed by atoms with Crippen LogP contribution in [-0.2, 0) is 16.0 Å². The summed E-state index contributed by atoms with van der Waals surface area (Å²) < 4.78 is 30.6. The van der Waals surface area contributed by atoms with Crippen molar-refractivity contribution in [2.45, 2.75) is 44.3 Å². The first-order chi connectivity index (χ1) is 12.9. The van der Waals surface area contributed by atoms with Crippen molar-refractivity contribution in [3.05, 3.63) is 35.4 Å². The monoisotopic (exact) mass is 414 g/mol. The minimum absolute atomic E-state index is 0.200. The van der Waals surface area contributed by atoms with Gasteiger partial charge in [-0.05, 0) is 29.9 Å². The minimum atomic E-state index is -0.771. The van der Waals surface area contributed by atoms with Crippen LogP contribution in [0.1, 0.15) is 32.3 Å². The van der Waals surface area contributed by atoms with E-state index < -0.39 is 29.5 Å². The summed E-state index contributed by atoms with van der Waals surface area (Å²) in [7, 11) is 0. The van der Waals surface area contributed by atoms with Crippen molar-refractivity contribution in [1.82, 2.24) is 14.7 Å². The van der Waals surface area contributed by atoms with Crippen molar-refractivity contribution in [1.29, 1.82) is 0 Å². The Labute approximate surface area is 164 Å². The van der Waals surface area contributed by atoms with Gasteiger partial charge in [0.1, 0.15) is 17.7 Å². The third-order valence-corrected chi connectivity index (χ3v) is 4.90. The summed E-state index contributed by atoms with van der Waals surface area (Å²) >= 11 is 2.53. The second-order valence-corrected chi connectivity index (χ2v) is 7.65. The van der Waals surface area contributed by atoms with E-state index in [-0.39, 0.29) is 12.0 Å². The van der Waals surface area contributed by atoms with Gasteiger partial charge in [-0.15, -0.1) is 0 Å². The molecular weight excluding hydrogens is 394 g/mol. The van der Waals surface area contributed by atoms with Crippen molar-refractivity contribution in [2.75, 3.05) is 11.1 Å². The molecule has 0 bridgehead atoms. The van der Waals surface area contributed by atoms with Gasteiger partial charge >= 0.3 is 0 Å². The number of nitrogens with zero attached hydrogens (tertiary/aromatic N) is 2. The molecule has 0 fully saturated rings. The molecule has 0 aliphatic carbocycles. The Kier molecular flexibility index (Phi) is 8.11. The fourth-order valence-corrected chi connectivity index (χ4v) is 3.62. The SMILES string of the molecule is CCCC(NC(=O)Cc1cc(F)cc(F)c1)C(=O)Nc1nc(SCC)ns1. The van der Waals surface area contributed by atoms with Gasteiger partial charge in [-0.2, -0.15) is 9.36 Å². The Hall–Kier alpha value is -2.07. The number of anilines is 1. The van der Waals surface area contributed by atoms with Crippen LogP contribution in [-0.4, -0.2) is 33.0 Å². The fraction of sp³-hybridized carbons (Fsp3) is 0.412. The first-order valence-electron chi connectivity index (χ1n) is 8.43. The number of carbonyl (C=O) groups is 2. The average Bonchev–Trinajstić information content (AvgIpc) is 3.00. The summed E-state index contributed by atoms with van der Waals surface area (Å²) in [6, 6.07) is 2.14. The van der Waals surface area contributed by atoms with Crippen LogP contribution in [0.4, 0.5) is 13.9 Å². The molecular formula is C17H20F2N4O2S2. The van der Waals surface area contributed by atoms with E-state index in [1.54, 1.807) is 0 Å². The molecule has 1 aromatic carbocycles. The molecule has 0 saturated carbocycles. The van der Waals surface area contributed by atoms with Gasteiger partial charge in [-0.1, -0.05) is 32.0 Å². The molecule has 2 N–H and O–H groups in total. The van der Waals surface area contributed by atoms with Crippen molar-refractivity contribution in [3.63, 3.8) is 0 Å². The van der Waals surface area contributed by atoms with E-state index in [4.69, 9.17) is 0 Å². The molecule has 6 nitrogen and oxygen atoms in total. The zero-order valence-electron chi connectivity index (χ0n) is 14.9. The van der Waals surface area contributed by atoms with E-state index in [0.717, 1.165) is 35.5 Å². The molecule has 2 aromatic rings. The highest BCUT2D eigenvalue weighted by Gasteiger charge is 2.21. The molecule has 2 rings (SSSR count). The number of carbonyl (C=O) groups excluding carboxylic acids is 2. The van der Waals surface area contributed by atoms with Crippen LogP contribution in [0.25, 0.3) is 0 Å². The molecule has 1 heterocycles. The molecule has 0 aliphatic rings. The lowest BCUT2D eigenvalue weighted by atomic mass is 10.1. The summed E-state index contributed by atoms with van der Waals surface area (Å²) in [6.45, 7) is 3.86. The van der Waals surface area contributed by atoms with Gasteiger partial charge in [0.05, 0.1) is 6.42 Å². The van der Waals surface area contributed by atoms with Crippen LogP contribution >= 0.6 is 23.3 Å². The van der Waals surface area contributed by atoms with E-state index in [0.29, 0.717) is 23.1 Å². The molecule has 1 aromatic heterocycles. The Bertz CT molecular complexity index is 781. The fourth-order valence-electron chi connectivity index (χ4n) is 2.34. The Morgan fingerprint density at radius 1 is 1.22 bits per heavy atom. The van der Waals surface area contributed by atoms with Crippen LogP contribution in [0.15, 0.2) is 23.4 Å². The van der Waals surface area contributed by atoms with Gasteiger partial charge in [0, 0.05) is 17.6 Å². The van der Waals surface area contributed by atoms with Crippen LogP contribution in [0.3, 0.4) is 0 Å². The number of halogens is 2. The molecule has 10 heteroatoms. The maximum atomic E-state index is 13.2. The second-order valence-electron chi connectivity index (χ2n) is 5.67. The van der Waals surface area contributed by atoms with Gasteiger partial charge in [-0.3, -0.25) is 14.9 Å². The van der Waals surface area contributed by atoms with Crippen LogP contribution < -0.4 is 10.6 Å². The maximum absolute atomic E-state index is 13.2. The molecule has 0 aliphatic heterocycles. The third kappa shape index (κ3) is 6.87. The first kappa shape index (κ1) is 21.2. The highest BCUT2D eigenvalue weighted by Crippen LogP contribution is 2.20. The normalized spacial score (nSPS) is 11.9. The number of nitrogens with one attached hydrogen (secondary N) is 2. The molecule has 1 unspecified atom stereocenters. The lowest BCUT2D eigenvalue weighted by Gasteiger charge is -2.17. The smallest absolute Gasteiger partial charge is 0.248 e. The highest BCUT2D eigenvalue weighted by molar-refractivity contribution is 7.99. The average molecular weight is 415 g/mol. The summed E-state index contributed by atoms with van der Waals surface area (Å²) in [4.78, 5) is 28.8. The predicted octanol–water partition coefficient (Wildman–Crippen LogP) is 3.39. The Morgan fingerprint density at radius 3 is 2.56 bits per heavy atom. The van der Waals surface area contributed by atoms with Gasteiger partial charge < -0.3 is 5.32 Å². The van der Waals surface area contributed by atoms with Crippen LogP contribution in [0.2, 0.25) is 0 Å². The van der Waals surface area contributed by atoms with E-state index in [2.05, 4.69) is 20.0 Å². The van der Waals surface area contributed by atoms with Crippen molar-refractivity contribution < 1.29 is 18.4 Å². The van der Waals surface area contributed by atoms with Gasteiger partial charge in [0.25, 0.3) is 0 Å². The quantitative estimate of drug-likeness (QED) is 0.615. The Morgan fingerprint density at radius 2 is 1.93 bits per heavy atom. The minimum Gasteiger partial charge on any atom is -0.344 e. The number of rotatable bonds is 9. The molecule has 0 saturated heterocycles. The van der Waals surface area contributed by atoms with Crippen molar-refractivity contribution in [3.8, 4) is 0 Å². The molecule has 0 spiro atoms. The molecule has 27 heavy (non-hydrogen) atoms. The predicted molar refractivity (Wildman–Crippen MR) is 102 cm³/mol. The third-order valence-electron chi connectivity index (χ3n) is 3.43. The molecule has 1 atom stereocenters. The summed E-state index contributed by atoms with van der Waals surface area (Å²) in [6.07, 6.45) is 0.864. The van der Waals surface area contributed by atoms with Crippen LogP contribution in [0, 0.1) is 11.6 Å². The van der Waals surface area contributed by atoms with E-state index in [9.17, 15) is 18.4 Å². The number of aromatic nitrogens is 2. The lowest BCUT2D eigenvalue weighted by molar-refractivity contribution is -0.126. The number of benzene rings is 1. The zero-order chi connectivity index (χ0) is 19.8. The topological polar surface area (TPSA) is 84.0 Å². The maximum Gasteiger partial charge on any atom is 0.248 e. The van der Waals surface area contributed by atoms with Crippen molar-refractivity contribution >= 4 is 40.2 Å². The van der Waals surface area contributed by atoms with E-state index in [1.807, 2.05) is 13.8 Å². The summed E-state index contributed by atoms with van der Waals surface area (Å²) in [5.41, 5.74) is 0.200. The first-order valence-corrected chi connectivity index (χ1v) is 10.2. The summed E-state index contributed by atoms with van der Waals surface area (Å²) in [5, 5.41) is 6.21. The van der Waals surface area contributed by atoms with Gasteiger partial charge in [0.15, 0.2) is 0 Å². The standard InChI is InChI=1S/C17H20F2N4O2S2/c1-3-5-13(15(25)21-16-22-17(23-27-16)26-4-2)20-14(24)8-10-6-11(18)9-12(19)7-10/h6-7,9,13H,3-5,8H2,1-2H3,(H,20,24)(H,21,22,23,25). The summed E-state index contributed by atoms with van der Waals surface area (Å²) in [5.74, 6) is -1.58. The number of thioether (sulfide) groups is 1. The molecule has 2 amide bonds. The Balaban J connectivity index is 1.98.